The van der Waals surface area contributed by atoms with Gasteiger partial charge in [-0.15, -0.1) is 0 Å². The molecule has 1 fully saturated rings. The molecule has 1 heterocycles. The number of hydrogen-bond acceptors (Lipinski definition) is 3. The van der Waals surface area contributed by atoms with Crippen molar-refractivity contribution in [1.82, 2.24) is 4.90 Å². The lowest BCUT2D eigenvalue weighted by Crippen LogP contribution is -2.40. The predicted molar refractivity (Wildman–Crippen MR) is 62.3 cm³/mol. The van der Waals surface area contributed by atoms with Crippen molar-refractivity contribution in [3.63, 3.8) is 0 Å². The van der Waals surface area contributed by atoms with Crippen LogP contribution in [0.4, 0.5) is 0 Å². The van der Waals surface area contributed by atoms with Crippen LogP contribution in [0.5, 0.6) is 0 Å². The van der Waals surface area contributed by atoms with E-state index in [0.29, 0.717) is 5.92 Å². The molecule has 0 radical (unpaired) electrons. The fourth-order valence-corrected chi connectivity index (χ4v) is 2.31. The monoisotopic (exact) mass is 229 g/mol. The van der Waals surface area contributed by atoms with E-state index in [9.17, 15) is 9.90 Å². The van der Waals surface area contributed by atoms with Crippen LogP contribution in [0.25, 0.3) is 0 Å². The van der Waals surface area contributed by atoms with Gasteiger partial charge in [-0.3, -0.25) is 4.79 Å². The lowest BCUT2D eigenvalue weighted by Gasteiger charge is -2.33. The van der Waals surface area contributed by atoms with Gasteiger partial charge in [-0.2, -0.15) is 0 Å². The van der Waals surface area contributed by atoms with E-state index in [1.54, 1.807) is 0 Å². The van der Waals surface area contributed by atoms with Crippen molar-refractivity contribution in [2.24, 2.45) is 5.92 Å². The molecule has 0 aliphatic carbocycles. The molecule has 0 aromatic carbocycles. The van der Waals surface area contributed by atoms with Crippen molar-refractivity contribution in [1.29, 1.82) is 0 Å². The number of carbonyl (C=O) groups is 1. The maximum Gasteiger partial charge on any atom is 0.303 e. The molecule has 4 nitrogen and oxygen atoms in total. The summed E-state index contributed by atoms with van der Waals surface area (Å²) in [7, 11) is 0. The number of aliphatic hydroxyl groups is 1. The van der Waals surface area contributed by atoms with Gasteiger partial charge in [-0.25, -0.2) is 0 Å². The minimum absolute atomic E-state index is 0.238. The fourth-order valence-electron chi connectivity index (χ4n) is 2.31. The average Bonchev–Trinajstić information content (AvgIpc) is 2.26. The Bertz CT molecular complexity index is 220. The predicted octanol–water partition coefficient (Wildman–Crippen LogP) is 1.33. The van der Waals surface area contributed by atoms with Crippen LogP contribution in [0.2, 0.25) is 0 Å². The van der Waals surface area contributed by atoms with Crippen molar-refractivity contribution in [2.45, 2.75) is 45.1 Å². The largest absolute Gasteiger partial charge is 0.481 e. The number of carboxylic acid groups (broad SMARTS) is 1. The number of aliphatic carboxylic acids is 1. The van der Waals surface area contributed by atoms with Crippen LogP contribution in [0, 0.1) is 5.92 Å². The molecule has 1 rings (SSSR count). The van der Waals surface area contributed by atoms with Gasteiger partial charge in [0.05, 0.1) is 6.10 Å². The van der Waals surface area contributed by atoms with E-state index in [4.69, 9.17) is 5.11 Å². The molecular weight excluding hydrogens is 206 g/mol. The zero-order valence-electron chi connectivity index (χ0n) is 10.1. The topological polar surface area (TPSA) is 60.8 Å². The zero-order valence-corrected chi connectivity index (χ0v) is 10.1. The van der Waals surface area contributed by atoms with Gasteiger partial charge in [-0.05, 0) is 38.1 Å². The Labute approximate surface area is 97.3 Å². The summed E-state index contributed by atoms with van der Waals surface area (Å²) in [4.78, 5) is 12.8. The van der Waals surface area contributed by atoms with Crippen molar-refractivity contribution in [2.75, 3.05) is 19.6 Å². The number of piperidine rings is 1. The third-order valence-corrected chi connectivity index (χ3v) is 3.31. The van der Waals surface area contributed by atoms with E-state index in [1.165, 1.54) is 0 Å². The molecule has 2 unspecified atom stereocenters. The van der Waals surface area contributed by atoms with Gasteiger partial charge in [0.2, 0.25) is 0 Å². The van der Waals surface area contributed by atoms with Crippen LogP contribution in [-0.2, 0) is 4.79 Å². The maximum atomic E-state index is 10.5. The van der Waals surface area contributed by atoms with Gasteiger partial charge in [-0.1, -0.05) is 6.92 Å². The van der Waals surface area contributed by atoms with Crippen LogP contribution in [-0.4, -0.2) is 46.8 Å². The Hall–Kier alpha value is -0.610. The molecule has 0 aromatic heterocycles. The highest BCUT2D eigenvalue weighted by Gasteiger charge is 2.21. The minimum Gasteiger partial charge on any atom is -0.481 e. The number of β-amino-alcohol motifs (C(OH)–C–C–N with tert-alkyl or cyclic N) is 1. The van der Waals surface area contributed by atoms with Gasteiger partial charge >= 0.3 is 5.97 Å². The van der Waals surface area contributed by atoms with Gasteiger partial charge in [0.1, 0.15) is 0 Å². The third-order valence-electron chi connectivity index (χ3n) is 3.31. The lowest BCUT2D eigenvalue weighted by atomic mass is 9.93. The van der Waals surface area contributed by atoms with Crippen LogP contribution >= 0.6 is 0 Å². The molecule has 16 heavy (non-hydrogen) atoms. The van der Waals surface area contributed by atoms with E-state index in [1.807, 2.05) is 6.92 Å². The highest BCUT2D eigenvalue weighted by atomic mass is 16.4. The van der Waals surface area contributed by atoms with Gasteiger partial charge < -0.3 is 15.1 Å². The van der Waals surface area contributed by atoms with Gasteiger partial charge in [0, 0.05) is 19.5 Å². The molecule has 94 valence electrons. The second-order valence-electron chi connectivity index (χ2n) is 4.76. The smallest absolute Gasteiger partial charge is 0.303 e. The Kier molecular flexibility index (Phi) is 5.77. The normalized spacial score (nSPS) is 24.2. The fraction of sp³-hybridized carbons (Fsp3) is 0.917. The first kappa shape index (κ1) is 13.5. The molecule has 0 saturated carbocycles. The number of rotatable bonds is 6. The van der Waals surface area contributed by atoms with E-state index in [-0.39, 0.29) is 12.5 Å². The summed E-state index contributed by atoms with van der Waals surface area (Å²) in [5.74, 6) is -0.209. The summed E-state index contributed by atoms with van der Waals surface area (Å²) >= 11 is 0. The summed E-state index contributed by atoms with van der Waals surface area (Å²) in [6.45, 7) is 4.71. The SMILES string of the molecule is CCC(O)CN1CCCC(CCC(=O)O)C1. The van der Waals surface area contributed by atoms with E-state index >= 15 is 0 Å². The molecular formula is C12H23NO3. The average molecular weight is 229 g/mol. The molecule has 2 atom stereocenters. The second kappa shape index (κ2) is 6.86. The van der Waals surface area contributed by atoms with Crippen LogP contribution < -0.4 is 0 Å². The Balaban J connectivity index is 2.26. The Morgan fingerprint density at radius 1 is 1.56 bits per heavy atom. The lowest BCUT2D eigenvalue weighted by molar-refractivity contribution is -0.137. The first-order chi connectivity index (χ1) is 7.61. The van der Waals surface area contributed by atoms with Crippen molar-refractivity contribution in [3.05, 3.63) is 0 Å². The molecule has 0 amide bonds. The van der Waals surface area contributed by atoms with E-state index in [0.717, 1.165) is 45.3 Å². The zero-order chi connectivity index (χ0) is 12.0. The molecule has 0 aromatic rings. The Morgan fingerprint density at radius 3 is 2.94 bits per heavy atom. The summed E-state index contributed by atoms with van der Waals surface area (Å²) in [6, 6.07) is 0. The Morgan fingerprint density at radius 2 is 2.31 bits per heavy atom. The van der Waals surface area contributed by atoms with E-state index < -0.39 is 5.97 Å². The molecule has 1 saturated heterocycles. The van der Waals surface area contributed by atoms with E-state index in [2.05, 4.69) is 4.90 Å². The quantitative estimate of drug-likeness (QED) is 0.721. The summed E-state index contributed by atoms with van der Waals surface area (Å²) in [5, 5.41) is 18.2. The molecule has 2 N–H and O–H groups in total. The van der Waals surface area contributed by atoms with Crippen LogP contribution in [0.3, 0.4) is 0 Å². The van der Waals surface area contributed by atoms with Crippen molar-refractivity contribution >= 4 is 5.97 Å². The molecule has 0 bridgehead atoms. The summed E-state index contributed by atoms with van der Waals surface area (Å²) in [5.41, 5.74) is 0. The van der Waals surface area contributed by atoms with Crippen molar-refractivity contribution < 1.29 is 15.0 Å². The highest BCUT2D eigenvalue weighted by Crippen LogP contribution is 2.21. The molecule has 0 spiro atoms. The number of hydrogen-bond donors (Lipinski definition) is 2. The van der Waals surface area contributed by atoms with Gasteiger partial charge in [0.15, 0.2) is 0 Å². The van der Waals surface area contributed by atoms with Crippen LogP contribution in [0.15, 0.2) is 0 Å². The number of aliphatic hydroxyl groups excluding tert-OH is 1. The first-order valence-electron chi connectivity index (χ1n) is 6.24. The van der Waals surface area contributed by atoms with Crippen LogP contribution in [0.1, 0.15) is 39.0 Å². The maximum absolute atomic E-state index is 10.5. The number of likely N-dealkylation sites (tertiary alicyclic amines) is 1. The minimum atomic E-state index is -0.703. The van der Waals surface area contributed by atoms with Crippen molar-refractivity contribution in [3.8, 4) is 0 Å². The number of carboxylic acids is 1. The molecule has 1 aliphatic rings. The second-order valence-corrected chi connectivity index (χ2v) is 4.76. The standard InChI is InChI=1S/C12H23NO3/c1-2-11(14)9-13-7-3-4-10(8-13)5-6-12(15)16/h10-11,14H,2-9H2,1H3,(H,15,16). The summed E-state index contributed by atoms with van der Waals surface area (Å²) in [6.07, 6.45) is 3.85. The highest BCUT2D eigenvalue weighted by molar-refractivity contribution is 5.66. The molecule has 4 heteroatoms. The van der Waals surface area contributed by atoms with Gasteiger partial charge in [0.25, 0.3) is 0 Å². The molecule has 1 aliphatic heterocycles. The third kappa shape index (κ3) is 4.94. The number of nitrogens with zero attached hydrogens (tertiary/aromatic N) is 1. The first-order valence-corrected chi connectivity index (χ1v) is 6.24. The summed E-state index contributed by atoms with van der Waals surface area (Å²) < 4.78 is 0.